The summed E-state index contributed by atoms with van der Waals surface area (Å²) >= 11 is 6.04. The van der Waals surface area contributed by atoms with Gasteiger partial charge in [0.1, 0.15) is 5.15 Å². The number of benzene rings is 1. The van der Waals surface area contributed by atoms with E-state index in [2.05, 4.69) is 4.98 Å². The second-order valence-electron chi connectivity index (χ2n) is 4.63. The highest BCUT2D eigenvalue weighted by atomic mass is 35.5. The molecule has 1 aromatic carbocycles. The summed E-state index contributed by atoms with van der Waals surface area (Å²) in [6.45, 7) is 1.43. The molecule has 2 nitrogen and oxygen atoms in total. The van der Waals surface area contributed by atoms with E-state index in [1.807, 2.05) is 0 Å². The molecule has 1 aromatic heterocycles. The number of aromatic nitrogens is 1. The fourth-order valence-electron chi connectivity index (χ4n) is 2.09. The van der Waals surface area contributed by atoms with Crippen LogP contribution in [0.3, 0.4) is 0 Å². The molecular formula is C16H13ClF3NO. The zero-order chi connectivity index (χ0) is 16.3. The zero-order valence-electron chi connectivity index (χ0n) is 11.9. The summed E-state index contributed by atoms with van der Waals surface area (Å²) in [6.07, 6.45) is 0.0113. The standard InChI is InChI=1S/C16H13ClF3NO/c1-10-3-4-11(9-14(10)16(18,19)20)12-5-7-21-15(17)13(12)6-8-22-2/h3-9H,1-2H3/b8-6+. The van der Waals surface area contributed by atoms with Crippen molar-refractivity contribution >= 4 is 17.7 Å². The van der Waals surface area contributed by atoms with E-state index in [4.69, 9.17) is 16.3 Å². The van der Waals surface area contributed by atoms with E-state index >= 15 is 0 Å². The Balaban J connectivity index is 2.63. The molecule has 0 aliphatic heterocycles. The van der Waals surface area contributed by atoms with E-state index in [-0.39, 0.29) is 10.7 Å². The first kappa shape index (κ1) is 16.4. The number of nitrogens with zero attached hydrogens (tertiary/aromatic N) is 1. The molecule has 0 fully saturated rings. The quantitative estimate of drug-likeness (QED) is 0.560. The van der Waals surface area contributed by atoms with Crippen molar-refractivity contribution in [2.24, 2.45) is 0 Å². The monoisotopic (exact) mass is 327 g/mol. The number of ether oxygens (including phenoxy) is 1. The number of halogens is 4. The number of aryl methyl sites for hydroxylation is 1. The summed E-state index contributed by atoms with van der Waals surface area (Å²) in [5.41, 5.74) is 0.977. The van der Waals surface area contributed by atoms with Crippen molar-refractivity contribution in [1.82, 2.24) is 4.98 Å². The minimum Gasteiger partial charge on any atom is -0.504 e. The molecule has 0 N–H and O–H groups in total. The lowest BCUT2D eigenvalue weighted by Crippen LogP contribution is -2.07. The predicted molar refractivity (Wildman–Crippen MR) is 80.5 cm³/mol. The van der Waals surface area contributed by atoms with Crippen molar-refractivity contribution < 1.29 is 17.9 Å². The first-order valence-electron chi connectivity index (χ1n) is 6.36. The molecule has 0 radical (unpaired) electrons. The first-order valence-corrected chi connectivity index (χ1v) is 6.74. The minimum atomic E-state index is -4.40. The SMILES string of the molecule is CO/C=C/c1c(-c2ccc(C)c(C(F)(F)F)c2)ccnc1Cl. The van der Waals surface area contributed by atoms with Gasteiger partial charge >= 0.3 is 6.18 Å². The van der Waals surface area contributed by atoms with Crippen LogP contribution in [0.1, 0.15) is 16.7 Å². The van der Waals surface area contributed by atoms with Crippen molar-refractivity contribution in [1.29, 1.82) is 0 Å². The fourth-order valence-corrected chi connectivity index (χ4v) is 2.31. The van der Waals surface area contributed by atoms with E-state index in [1.165, 1.54) is 32.6 Å². The van der Waals surface area contributed by atoms with Gasteiger partial charge in [-0.2, -0.15) is 13.2 Å². The molecule has 0 bridgehead atoms. The van der Waals surface area contributed by atoms with Crippen LogP contribution >= 0.6 is 11.6 Å². The summed E-state index contributed by atoms with van der Waals surface area (Å²) < 4.78 is 44.0. The van der Waals surface area contributed by atoms with Gasteiger partial charge in [-0.15, -0.1) is 0 Å². The van der Waals surface area contributed by atoms with Gasteiger partial charge < -0.3 is 4.74 Å². The average molecular weight is 328 g/mol. The van der Waals surface area contributed by atoms with Crippen molar-refractivity contribution in [2.75, 3.05) is 7.11 Å². The molecule has 116 valence electrons. The van der Waals surface area contributed by atoms with Crippen molar-refractivity contribution in [3.63, 3.8) is 0 Å². The Morgan fingerprint density at radius 3 is 2.59 bits per heavy atom. The summed E-state index contributed by atoms with van der Waals surface area (Å²) in [4.78, 5) is 3.94. The average Bonchev–Trinajstić information content (AvgIpc) is 2.45. The molecular weight excluding hydrogens is 315 g/mol. The number of rotatable bonds is 3. The highest BCUT2D eigenvalue weighted by molar-refractivity contribution is 6.31. The highest BCUT2D eigenvalue weighted by Gasteiger charge is 2.32. The lowest BCUT2D eigenvalue weighted by Gasteiger charge is -2.14. The van der Waals surface area contributed by atoms with Crippen LogP contribution in [0.2, 0.25) is 5.15 Å². The number of hydrogen-bond acceptors (Lipinski definition) is 2. The first-order chi connectivity index (χ1) is 10.3. The van der Waals surface area contributed by atoms with E-state index in [9.17, 15) is 13.2 Å². The van der Waals surface area contributed by atoms with Crippen LogP contribution in [-0.2, 0) is 10.9 Å². The molecule has 0 aliphatic carbocycles. The minimum absolute atomic E-state index is 0.172. The third-order valence-electron chi connectivity index (χ3n) is 3.17. The maximum Gasteiger partial charge on any atom is 0.416 e. The van der Waals surface area contributed by atoms with Crippen LogP contribution < -0.4 is 0 Å². The van der Waals surface area contributed by atoms with Gasteiger partial charge in [0.25, 0.3) is 0 Å². The largest absolute Gasteiger partial charge is 0.504 e. The van der Waals surface area contributed by atoms with E-state index in [1.54, 1.807) is 18.2 Å². The molecule has 1 heterocycles. The zero-order valence-corrected chi connectivity index (χ0v) is 12.7. The summed E-state index contributed by atoms with van der Waals surface area (Å²) in [5, 5.41) is 0.194. The molecule has 0 unspecified atom stereocenters. The molecule has 0 atom stereocenters. The molecule has 0 saturated heterocycles. The number of pyridine rings is 1. The molecule has 22 heavy (non-hydrogen) atoms. The van der Waals surface area contributed by atoms with Crippen LogP contribution in [0.4, 0.5) is 13.2 Å². The Kier molecular flexibility index (Phi) is 4.76. The Hall–Kier alpha value is -2.01. The third kappa shape index (κ3) is 3.42. The van der Waals surface area contributed by atoms with Crippen LogP contribution in [0.5, 0.6) is 0 Å². The van der Waals surface area contributed by atoms with Gasteiger partial charge in [0, 0.05) is 11.8 Å². The number of hydrogen-bond donors (Lipinski definition) is 0. The predicted octanol–water partition coefficient (Wildman–Crippen LogP) is 5.35. The number of alkyl halides is 3. The molecule has 0 spiro atoms. The van der Waals surface area contributed by atoms with Gasteiger partial charge in [-0.05, 0) is 41.8 Å². The second kappa shape index (κ2) is 6.40. The summed E-state index contributed by atoms with van der Waals surface area (Å²) in [7, 11) is 1.47. The van der Waals surface area contributed by atoms with Gasteiger partial charge in [0.05, 0.1) is 18.9 Å². The maximum absolute atomic E-state index is 13.1. The third-order valence-corrected chi connectivity index (χ3v) is 3.47. The normalized spacial score (nSPS) is 11.9. The Bertz CT molecular complexity index is 711. The van der Waals surface area contributed by atoms with Crippen LogP contribution in [0, 0.1) is 6.92 Å². The van der Waals surface area contributed by atoms with Crippen molar-refractivity contribution in [3.8, 4) is 11.1 Å². The Morgan fingerprint density at radius 1 is 1.23 bits per heavy atom. The summed E-state index contributed by atoms with van der Waals surface area (Å²) in [6, 6.07) is 5.80. The number of methoxy groups -OCH3 is 1. The lowest BCUT2D eigenvalue weighted by molar-refractivity contribution is -0.138. The van der Waals surface area contributed by atoms with Gasteiger partial charge in [-0.3, -0.25) is 0 Å². The lowest BCUT2D eigenvalue weighted by atomic mass is 9.97. The smallest absolute Gasteiger partial charge is 0.416 e. The fraction of sp³-hybridized carbons (Fsp3) is 0.188. The van der Waals surface area contributed by atoms with Crippen LogP contribution in [-0.4, -0.2) is 12.1 Å². The van der Waals surface area contributed by atoms with Gasteiger partial charge in [-0.25, -0.2) is 4.98 Å². The van der Waals surface area contributed by atoms with Crippen LogP contribution in [0.15, 0.2) is 36.7 Å². The highest BCUT2D eigenvalue weighted by Crippen LogP contribution is 2.36. The second-order valence-corrected chi connectivity index (χ2v) is 4.99. The Morgan fingerprint density at radius 2 is 1.95 bits per heavy atom. The molecule has 2 aromatic rings. The Labute approximate surface area is 131 Å². The van der Waals surface area contributed by atoms with E-state index in [0.29, 0.717) is 16.7 Å². The molecule has 0 amide bonds. The van der Waals surface area contributed by atoms with Crippen LogP contribution in [0.25, 0.3) is 17.2 Å². The molecule has 6 heteroatoms. The summed E-state index contributed by atoms with van der Waals surface area (Å²) in [5.74, 6) is 0. The topological polar surface area (TPSA) is 22.1 Å². The molecule has 2 rings (SSSR count). The molecule has 0 saturated carbocycles. The van der Waals surface area contributed by atoms with Gasteiger partial charge in [-0.1, -0.05) is 23.7 Å². The van der Waals surface area contributed by atoms with Gasteiger partial charge in [0.15, 0.2) is 0 Å². The van der Waals surface area contributed by atoms with E-state index < -0.39 is 11.7 Å². The maximum atomic E-state index is 13.1. The van der Waals surface area contributed by atoms with Crippen molar-refractivity contribution in [2.45, 2.75) is 13.1 Å². The van der Waals surface area contributed by atoms with Crippen molar-refractivity contribution in [3.05, 3.63) is 58.6 Å². The van der Waals surface area contributed by atoms with E-state index in [0.717, 1.165) is 6.07 Å². The van der Waals surface area contributed by atoms with Gasteiger partial charge in [0.2, 0.25) is 0 Å². The molecule has 0 aliphatic rings.